The molecule has 0 radical (unpaired) electrons. The van der Waals surface area contributed by atoms with Crippen molar-refractivity contribution in [1.29, 1.82) is 0 Å². The number of anilines is 1. The molecule has 1 unspecified atom stereocenters. The van der Waals surface area contributed by atoms with Gasteiger partial charge in [0.25, 0.3) is 0 Å². The lowest BCUT2D eigenvalue weighted by atomic mass is 10.2. The van der Waals surface area contributed by atoms with Crippen molar-refractivity contribution in [3.05, 3.63) is 23.2 Å². The lowest BCUT2D eigenvalue weighted by Gasteiger charge is -2.07. The molecule has 13 heavy (non-hydrogen) atoms. The van der Waals surface area contributed by atoms with E-state index < -0.39 is 0 Å². The maximum atomic E-state index is 5.93. The molecule has 0 saturated carbocycles. The van der Waals surface area contributed by atoms with E-state index in [1.807, 2.05) is 23.9 Å². The monoisotopic (exact) mass is 213 g/mol. The smallest absolute Gasteiger partial charge is 0.0479 e. The zero-order chi connectivity index (χ0) is 9.26. The first-order chi connectivity index (χ1) is 6.25. The Labute approximate surface area is 87.9 Å². The summed E-state index contributed by atoms with van der Waals surface area (Å²) in [4.78, 5) is 1.27. The van der Waals surface area contributed by atoms with Gasteiger partial charge >= 0.3 is 0 Å². The molecule has 0 fully saturated rings. The van der Waals surface area contributed by atoms with E-state index in [2.05, 4.69) is 18.3 Å². The van der Waals surface area contributed by atoms with Gasteiger partial charge in [-0.25, -0.2) is 0 Å². The number of hydrogen-bond acceptors (Lipinski definition) is 2. The van der Waals surface area contributed by atoms with Crippen LogP contribution >= 0.6 is 23.4 Å². The van der Waals surface area contributed by atoms with Crippen molar-refractivity contribution in [1.82, 2.24) is 0 Å². The second-order valence-corrected chi connectivity index (χ2v) is 4.94. The van der Waals surface area contributed by atoms with Crippen molar-refractivity contribution >= 4 is 29.1 Å². The predicted molar refractivity (Wildman–Crippen MR) is 59.8 cm³/mol. The molecule has 1 nitrogen and oxygen atoms in total. The molecule has 2 rings (SSSR count). The molecule has 0 saturated heterocycles. The third kappa shape index (κ3) is 2.12. The highest BCUT2D eigenvalue weighted by Gasteiger charge is 2.12. The number of thioether (sulfide) groups is 1. The summed E-state index contributed by atoms with van der Waals surface area (Å²) in [6, 6.07) is 6.03. The van der Waals surface area contributed by atoms with E-state index >= 15 is 0 Å². The number of nitrogens with one attached hydrogen (secondary N) is 1. The van der Waals surface area contributed by atoms with E-state index in [1.165, 1.54) is 16.3 Å². The summed E-state index contributed by atoms with van der Waals surface area (Å²) >= 11 is 7.81. The van der Waals surface area contributed by atoms with Crippen LogP contribution < -0.4 is 5.32 Å². The maximum absolute atomic E-state index is 5.93. The fraction of sp³-hybridized carbons (Fsp3) is 0.400. The number of hydrogen-bond donors (Lipinski definition) is 1. The Balaban J connectivity index is 2.30. The van der Waals surface area contributed by atoms with Gasteiger partial charge < -0.3 is 5.32 Å². The Hall–Kier alpha value is -0.340. The molecule has 0 aromatic heterocycles. The van der Waals surface area contributed by atoms with Gasteiger partial charge in [0.15, 0.2) is 0 Å². The van der Waals surface area contributed by atoms with E-state index in [-0.39, 0.29) is 0 Å². The Bertz CT molecular complexity index is 314. The fourth-order valence-corrected chi connectivity index (χ4v) is 2.66. The first-order valence-electron chi connectivity index (χ1n) is 4.42. The third-order valence-electron chi connectivity index (χ3n) is 2.11. The van der Waals surface area contributed by atoms with Gasteiger partial charge in [0.05, 0.1) is 0 Å². The summed E-state index contributed by atoms with van der Waals surface area (Å²) in [5.41, 5.74) is 1.22. The van der Waals surface area contributed by atoms with E-state index in [0.29, 0.717) is 0 Å². The average molecular weight is 214 g/mol. The fourth-order valence-electron chi connectivity index (χ4n) is 1.34. The molecule has 1 heterocycles. The van der Waals surface area contributed by atoms with Crippen LogP contribution in [-0.2, 0) is 0 Å². The van der Waals surface area contributed by atoms with Crippen molar-refractivity contribution in [2.24, 2.45) is 5.92 Å². The molecule has 0 aliphatic carbocycles. The average Bonchev–Trinajstić information content (AvgIpc) is 2.29. The van der Waals surface area contributed by atoms with Gasteiger partial charge in [-0.05, 0) is 24.1 Å². The number of rotatable bonds is 0. The minimum absolute atomic E-state index is 0.719. The van der Waals surface area contributed by atoms with Gasteiger partial charge in [0, 0.05) is 27.9 Å². The SMILES string of the molecule is CC1CNc2ccc(Cl)cc2SC1. The second-order valence-electron chi connectivity index (χ2n) is 3.44. The largest absolute Gasteiger partial charge is 0.384 e. The highest BCUT2D eigenvalue weighted by molar-refractivity contribution is 7.99. The van der Waals surface area contributed by atoms with Gasteiger partial charge in [-0.1, -0.05) is 18.5 Å². The first-order valence-corrected chi connectivity index (χ1v) is 5.78. The summed E-state index contributed by atoms with van der Waals surface area (Å²) < 4.78 is 0. The Kier molecular flexibility index (Phi) is 2.70. The quantitative estimate of drug-likeness (QED) is 0.708. The summed E-state index contributed by atoms with van der Waals surface area (Å²) in [5, 5.41) is 4.24. The van der Waals surface area contributed by atoms with E-state index in [9.17, 15) is 0 Å². The number of fused-ring (bicyclic) bond motifs is 1. The van der Waals surface area contributed by atoms with Crippen LogP contribution in [-0.4, -0.2) is 12.3 Å². The highest BCUT2D eigenvalue weighted by Crippen LogP contribution is 2.33. The third-order valence-corrected chi connectivity index (χ3v) is 3.73. The first kappa shape index (κ1) is 9.22. The lowest BCUT2D eigenvalue weighted by molar-refractivity contribution is 0.705. The topological polar surface area (TPSA) is 12.0 Å². The van der Waals surface area contributed by atoms with Crippen molar-refractivity contribution < 1.29 is 0 Å². The minimum atomic E-state index is 0.719. The summed E-state index contributed by atoms with van der Waals surface area (Å²) in [5.74, 6) is 1.89. The van der Waals surface area contributed by atoms with Crippen molar-refractivity contribution in [3.63, 3.8) is 0 Å². The van der Waals surface area contributed by atoms with Crippen LogP contribution in [0.1, 0.15) is 6.92 Å². The van der Waals surface area contributed by atoms with E-state index in [4.69, 9.17) is 11.6 Å². The molecule has 0 amide bonds. The summed E-state index contributed by atoms with van der Waals surface area (Å²) in [6.07, 6.45) is 0. The van der Waals surface area contributed by atoms with Gasteiger partial charge in [-0.2, -0.15) is 0 Å². The molecule has 3 heteroatoms. The normalized spacial score (nSPS) is 21.5. The molecule has 1 atom stereocenters. The molecule has 1 aliphatic heterocycles. The molecular weight excluding hydrogens is 202 g/mol. The molecule has 1 aliphatic rings. The van der Waals surface area contributed by atoms with Crippen LogP contribution in [0.4, 0.5) is 5.69 Å². The van der Waals surface area contributed by atoms with Crippen molar-refractivity contribution in [2.75, 3.05) is 17.6 Å². The van der Waals surface area contributed by atoms with Gasteiger partial charge in [0.2, 0.25) is 0 Å². The molecule has 70 valence electrons. The summed E-state index contributed by atoms with van der Waals surface area (Å²) in [7, 11) is 0. The molecule has 1 N–H and O–H groups in total. The highest BCUT2D eigenvalue weighted by atomic mass is 35.5. The Morgan fingerprint density at radius 2 is 2.38 bits per heavy atom. The van der Waals surface area contributed by atoms with E-state index in [1.54, 1.807) is 0 Å². The van der Waals surface area contributed by atoms with Crippen LogP contribution in [0.2, 0.25) is 5.02 Å². The van der Waals surface area contributed by atoms with Crippen molar-refractivity contribution in [2.45, 2.75) is 11.8 Å². The van der Waals surface area contributed by atoms with Crippen LogP contribution in [0.3, 0.4) is 0 Å². The summed E-state index contributed by atoms with van der Waals surface area (Å²) in [6.45, 7) is 3.31. The van der Waals surface area contributed by atoms with Crippen LogP contribution in [0.5, 0.6) is 0 Å². The molecule has 0 spiro atoms. The Morgan fingerprint density at radius 1 is 1.54 bits per heavy atom. The predicted octanol–water partition coefficient (Wildman–Crippen LogP) is 3.49. The Morgan fingerprint density at radius 3 is 3.23 bits per heavy atom. The number of halogens is 1. The van der Waals surface area contributed by atoms with Crippen LogP contribution in [0.25, 0.3) is 0 Å². The van der Waals surface area contributed by atoms with Gasteiger partial charge in [-0.3, -0.25) is 0 Å². The molecule has 1 aromatic rings. The van der Waals surface area contributed by atoms with Crippen molar-refractivity contribution in [3.8, 4) is 0 Å². The minimum Gasteiger partial charge on any atom is -0.384 e. The second kappa shape index (κ2) is 3.81. The molecule has 1 aromatic carbocycles. The van der Waals surface area contributed by atoms with Crippen LogP contribution in [0.15, 0.2) is 23.1 Å². The zero-order valence-electron chi connectivity index (χ0n) is 7.51. The lowest BCUT2D eigenvalue weighted by Crippen LogP contribution is -2.10. The van der Waals surface area contributed by atoms with Gasteiger partial charge in [-0.15, -0.1) is 11.8 Å². The van der Waals surface area contributed by atoms with Crippen LogP contribution in [0, 0.1) is 5.92 Å². The van der Waals surface area contributed by atoms with Gasteiger partial charge in [0.1, 0.15) is 0 Å². The van der Waals surface area contributed by atoms with E-state index in [0.717, 1.165) is 17.5 Å². The zero-order valence-corrected chi connectivity index (χ0v) is 9.08. The maximum Gasteiger partial charge on any atom is 0.0479 e. The molecular formula is C10H12ClNS. The number of benzene rings is 1. The molecule has 0 bridgehead atoms. The standard InChI is InChI=1S/C10H12ClNS/c1-7-5-12-9-3-2-8(11)4-10(9)13-6-7/h2-4,7,12H,5-6H2,1H3.